The second-order valence-corrected chi connectivity index (χ2v) is 3.86. The second kappa shape index (κ2) is 3.81. The molecule has 0 radical (unpaired) electrons. The number of aliphatic imine (C=N–C) groups is 2. The zero-order valence-electron chi connectivity index (χ0n) is 6.53. The van der Waals surface area contributed by atoms with Gasteiger partial charge >= 0.3 is 4.87 Å². The van der Waals surface area contributed by atoms with E-state index >= 15 is 0 Å². The Labute approximate surface area is 88.4 Å². The van der Waals surface area contributed by atoms with E-state index in [9.17, 15) is 10.1 Å². The Morgan fingerprint density at radius 2 is 2.00 bits per heavy atom. The Bertz CT molecular complexity index is 286. The van der Waals surface area contributed by atoms with Gasteiger partial charge in [-0.3, -0.25) is 10.1 Å². The van der Waals surface area contributed by atoms with Gasteiger partial charge in [0, 0.05) is 0 Å². The zero-order chi connectivity index (χ0) is 10.1. The van der Waals surface area contributed by atoms with Crippen LogP contribution in [0.5, 0.6) is 0 Å². The molecule has 0 saturated carbocycles. The van der Waals surface area contributed by atoms with Gasteiger partial charge in [-0.1, -0.05) is 35.0 Å². The molecule has 0 N–H and O–H groups in total. The third-order valence-electron chi connectivity index (χ3n) is 1.53. The van der Waals surface area contributed by atoms with Crippen molar-refractivity contribution < 1.29 is 4.92 Å². The summed E-state index contributed by atoms with van der Waals surface area (Å²) in [4.78, 5) is 15.8. The van der Waals surface area contributed by atoms with Crippen molar-refractivity contribution in [3.63, 3.8) is 0 Å². The molecule has 0 saturated heterocycles. The fourth-order valence-corrected chi connectivity index (χ4v) is 2.40. The molecule has 0 aromatic carbocycles. The van der Waals surface area contributed by atoms with Crippen molar-refractivity contribution in [2.24, 2.45) is 9.98 Å². The fourth-order valence-electron chi connectivity index (χ4n) is 0.853. The lowest BCUT2D eigenvalue weighted by Gasteiger charge is -2.21. The van der Waals surface area contributed by atoms with Crippen LogP contribution in [0.2, 0.25) is 0 Å². The van der Waals surface area contributed by atoms with Gasteiger partial charge < -0.3 is 0 Å². The van der Waals surface area contributed by atoms with E-state index in [1.807, 2.05) is 0 Å². The molecule has 0 spiro atoms. The standard InChI is InChI=1S/C5H5Cl2N3O2S/c1-13-5(10(11)12)3(6)8-2-9-4(5)7/h2H2,1H3. The summed E-state index contributed by atoms with van der Waals surface area (Å²) in [5, 5.41) is 10.5. The van der Waals surface area contributed by atoms with E-state index in [1.165, 1.54) is 6.26 Å². The van der Waals surface area contributed by atoms with Crippen LogP contribution in [-0.4, -0.2) is 33.1 Å². The Kier molecular flexibility index (Phi) is 3.15. The number of thioether (sulfide) groups is 1. The van der Waals surface area contributed by atoms with Crippen molar-refractivity contribution >= 4 is 45.3 Å². The third-order valence-corrected chi connectivity index (χ3v) is 3.67. The van der Waals surface area contributed by atoms with Crippen LogP contribution in [0.15, 0.2) is 9.98 Å². The molecule has 1 rings (SSSR count). The van der Waals surface area contributed by atoms with Gasteiger partial charge in [0.15, 0.2) is 10.3 Å². The number of nitro groups is 1. The lowest BCUT2D eigenvalue weighted by molar-refractivity contribution is -0.496. The highest BCUT2D eigenvalue weighted by Crippen LogP contribution is 2.33. The smallest absolute Gasteiger partial charge is 0.262 e. The summed E-state index contributed by atoms with van der Waals surface area (Å²) < 4.78 is 0. The maximum absolute atomic E-state index is 10.8. The molecule has 1 aliphatic heterocycles. The minimum absolute atomic E-state index is 0.0494. The van der Waals surface area contributed by atoms with Crippen LogP contribution >= 0.6 is 35.0 Å². The molecule has 0 aliphatic carbocycles. The quantitative estimate of drug-likeness (QED) is 0.419. The van der Waals surface area contributed by atoms with E-state index in [0.717, 1.165) is 11.8 Å². The highest BCUT2D eigenvalue weighted by atomic mass is 35.5. The van der Waals surface area contributed by atoms with E-state index in [4.69, 9.17) is 23.2 Å². The van der Waals surface area contributed by atoms with Gasteiger partial charge in [-0.25, -0.2) is 9.98 Å². The molecule has 13 heavy (non-hydrogen) atoms. The minimum Gasteiger partial charge on any atom is -0.262 e. The Hall–Kier alpha value is -0.330. The van der Waals surface area contributed by atoms with Crippen molar-refractivity contribution in [2.75, 3.05) is 12.9 Å². The molecule has 0 fully saturated rings. The summed E-state index contributed by atoms with van der Waals surface area (Å²) >= 11 is 12.2. The second-order valence-electron chi connectivity index (χ2n) is 2.14. The monoisotopic (exact) mass is 241 g/mol. The first-order chi connectivity index (χ1) is 6.05. The first-order valence-corrected chi connectivity index (χ1v) is 5.14. The number of halogens is 2. The van der Waals surface area contributed by atoms with Crippen LogP contribution in [0.25, 0.3) is 0 Å². The summed E-state index contributed by atoms with van der Waals surface area (Å²) in [6, 6.07) is 0. The first-order valence-electron chi connectivity index (χ1n) is 3.16. The van der Waals surface area contributed by atoms with Crippen molar-refractivity contribution in [3.8, 4) is 0 Å². The molecule has 0 aromatic rings. The van der Waals surface area contributed by atoms with E-state index in [2.05, 4.69) is 9.98 Å². The number of hydrogen-bond donors (Lipinski definition) is 0. The van der Waals surface area contributed by atoms with Crippen LogP contribution in [0, 0.1) is 10.1 Å². The zero-order valence-corrected chi connectivity index (χ0v) is 8.86. The Morgan fingerprint density at radius 1 is 1.54 bits per heavy atom. The van der Waals surface area contributed by atoms with Crippen molar-refractivity contribution in [2.45, 2.75) is 4.87 Å². The van der Waals surface area contributed by atoms with Crippen LogP contribution < -0.4 is 0 Å². The summed E-state index contributed by atoms with van der Waals surface area (Å²) in [6.45, 7) is 0.0494. The summed E-state index contributed by atoms with van der Waals surface area (Å²) in [7, 11) is 0. The molecule has 72 valence electrons. The molecule has 0 unspecified atom stereocenters. The predicted octanol–water partition coefficient (Wildman–Crippen LogP) is 1.57. The Balaban J connectivity index is 3.21. The molecule has 1 aliphatic rings. The largest absolute Gasteiger partial charge is 0.370 e. The molecule has 0 atom stereocenters. The highest BCUT2D eigenvalue weighted by molar-refractivity contribution is 8.01. The van der Waals surface area contributed by atoms with E-state index < -0.39 is 9.79 Å². The molecule has 0 aromatic heterocycles. The molecule has 1 heterocycles. The van der Waals surface area contributed by atoms with Gasteiger partial charge in [-0.2, -0.15) is 0 Å². The van der Waals surface area contributed by atoms with Crippen molar-refractivity contribution in [3.05, 3.63) is 10.1 Å². The number of rotatable bonds is 2. The van der Waals surface area contributed by atoms with Gasteiger partial charge in [-0.05, 0) is 6.26 Å². The van der Waals surface area contributed by atoms with Crippen LogP contribution in [-0.2, 0) is 0 Å². The lowest BCUT2D eigenvalue weighted by Crippen LogP contribution is -2.47. The highest BCUT2D eigenvalue weighted by Gasteiger charge is 2.53. The SMILES string of the molecule is CSC1([N+](=O)[O-])C(Cl)=NCN=C1Cl. The topological polar surface area (TPSA) is 67.9 Å². The molecule has 0 amide bonds. The van der Waals surface area contributed by atoms with Gasteiger partial charge in [0.25, 0.3) is 0 Å². The average molecular weight is 242 g/mol. The minimum atomic E-state index is -1.69. The van der Waals surface area contributed by atoms with Gasteiger partial charge in [0.05, 0.1) is 4.92 Å². The number of hydrogen-bond acceptors (Lipinski definition) is 5. The molecule has 8 heteroatoms. The van der Waals surface area contributed by atoms with E-state index in [0.29, 0.717) is 0 Å². The predicted molar refractivity (Wildman–Crippen MR) is 54.7 cm³/mol. The van der Waals surface area contributed by atoms with Gasteiger partial charge in [-0.15, -0.1) is 0 Å². The van der Waals surface area contributed by atoms with Crippen molar-refractivity contribution in [1.29, 1.82) is 0 Å². The first kappa shape index (κ1) is 10.7. The normalized spacial score (nSPS) is 20.5. The summed E-state index contributed by atoms with van der Waals surface area (Å²) in [6.07, 6.45) is 1.53. The summed E-state index contributed by atoms with van der Waals surface area (Å²) in [5.41, 5.74) is 0. The van der Waals surface area contributed by atoms with Crippen LogP contribution in [0.4, 0.5) is 0 Å². The third kappa shape index (κ3) is 1.53. The maximum atomic E-state index is 10.8. The lowest BCUT2D eigenvalue weighted by atomic mass is 10.3. The average Bonchev–Trinajstić information content (AvgIpc) is 2.05. The van der Waals surface area contributed by atoms with E-state index in [1.54, 1.807) is 0 Å². The maximum Gasteiger partial charge on any atom is 0.370 e. The van der Waals surface area contributed by atoms with E-state index in [-0.39, 0.29) is 17.0 Å². The van der Waals surface area contributed by atoms with Crippen LogP contribution in [0.3, 0.4) is 0 Å². The van der Waals surface area contributed by atoms with Crippen molar-refractivity contribution in [1.82, 2.24) is 0 Å². The fraction of sp³-hybridized carbons (Fsp3) is 0.600. The molecule has 0 bridgehead atoms. The molecule has 5 nitrogen and oxygen atoms in total. The summed E-state index contributed by atoms with van der Waals surface area (Å²) in [5.74, 6) is 0. The Morgan fingerprint density at radius 3 is 2.23 bits per heavy atom. The molecular weight excluding hydrogens is 237 g/mol. The van der Waals surface area contributed by atoms with Crippen LogP contribution in [0.1, 0.15) is 0 Å². The van der Waals surface area contributed by atoms with Gasteiger partial charge in [0.1, 0.15) is 6.67 Å². The number of nitrogens with zero attached hydrogens (tertiary/aromatic N) is 3. The van der Waals surface area contributed by atoms with Gasteiger partial charge in [0.2, 0.25) is 0 Å². The molecular formula is C5H5Cl2N3O2S.